The van der Waals surface area contributed by atoms with E-state index < -0.39 is 48.3 Å². The van der Waals surface area contributed by atoms with Gasteiger partial charge in [0.15, 0.2) is 11.3 Å². The van der Waals surface area contributed by atoms with E-state index in [0.717, 1.165) is 0 Å². The summed E-state index contributed by atoms with van der Waals surface area (Å²) in [6, 6.07) is 3.81. The summed E-state index contributed by atoms with van der Waals surface area (Å²) in [5, 5.41) is 60.9. The van der Waals surface area contributed by atoms with E-state index in [0.29, 0.717) is 0 Å². The summed E-state index contributed by atoms with van der Waals surface area (Å²) in [6.45, 7) is -0.672. The minimum atomic E-state index is -1.71. The van der Waals surface area contributed by atoms with Gasteiger partial charge in [-0.05, 0) is 12.1 Å². The van der Waals surface area contributed by atoms with Crippen molar-refractivity contribution in [3.8, 4) is 23.0 Å². The van der Waals surface area contributed by atoms with Crippen molar-refractivity contribution in [2.45, 2.75) is 30.5 Å². The van der Waals surface area contributed by atoms with E-state index in [9.17, 15) is 35.4 Å². The first kappa shape index (κ1) is 22.1. The van der Waals surface area contributed by atoms with Crippen molar-refractivity contribution in [3.05, 3.63) is 34.0 Å². The monoisotopic (exact) mass is 450 g/mol. The summed E-state index contributed by atoms with van der Waals surface area (Å²) in [7, 11) is 2.55. The fraction of sp³-hybridized carbons (Fsp3) is 0.381. The molecule has 0 radical (unpaired) electrons. The number of hydrogen-bond acceptors (Lipinski definition) is 11. The molecule has 1 aliphatic rings. The smallest absolute Gasteiger partial charge is 0.204 e. The Balaban J connectivity index is 2.02. The van der Waals surface area contributed by atoms with Crippen LogP contribution in [0.4, 0.5) is 0 Å². The highest BCUT2D eigenvalue weighted by Gasteiger charge is 2.46. The third-order valence-electron chi connectivity index (χ3n) is 5.64. The first-order valence-electron chi connectivity index (χ1n) is 9.61. The Morgan fingerprint density at radius 3 is 2.38 bits per heavy atom. The normalized spacial score (nSPS) is 25.9. The summed E-state index contributed by atoms with van der Waals surface area (Å²) in [4.78, 5) is 13.2. The lowest BCUT2D eigenvalue weighted by Crippen LogP contribution is -2.55. The number of aliphatic hydroxyl groups excluding tert-OH is 4. The van der Waals surface area contributed by atoms with Gasteiger partial charge in [0.25, 0.3) is 0 Å². The highest BCUT2D eigenvalue weighted by molar-refractivity contribution is 5.97. The molecule has 172 valence electrons. The van der Waals surface area contributed by atoms with Gasteiger partial charge in [-0.15, -0.1) is 0 Å². The molecule has 1 fully saturated rings. The van der Waals surface area contributed by atoms with Gasteiger partial charge >= 0.3 is 0 Å². The quantitative estimate of drug-likeness (QED) is 0.292. The minimum absolute atomic E-state index is 0.00682. The van der Waals surface area contributed by atoms with E-state index >= 15 is 0 Å². The zero-order chi connectivity index (χ0) is 23.3. The zero-order valence-corrected chi connectivity index (χ0v) is 17.1. The molecule has 0 saturated carbocycles. The van der Waals surface area contributed by atoms with Crippen molar-refractivity contribution in [1.29, 1.82) is 0 Å². The molecule has 0 amide bonds. The molecule has 0 aliphatic carbocycles. The molecule has 2 aromatic carbocycles. The predicted octanol–water partition coefficient (Wildman–Crippen LogP) is -0.111. The van der Waals surface area contributed by atoms with Gasteiger partial charge in [-0.2, -0.15) is 0 Å². The molecular weight excluding hydrogens is 428 g/mol. The number of ether oxygens (including phenoxy) is 3. The fourth-order valence-corrected chi connectivity index (χ4v) is 4.00. The second kappa shape index (κ2) is 8.11. The van der Waals surface area contributed by atoms with Crippen LogP contribution in [0.5, 0.6) is 23.0 Å². The van der Waals surface area contributed by atoms with E-state index in [2.05, 4.69) is 0 Å². The lowest BCUT2D eigenvalue weighted by Gasteiger charge is -2.40. The van der Waals surface area contributed by atoms with Crippen LogP contribution < -0.4 is 14.9 Å². The van der Waals surface area contributed by atoms with Gasteiger partial charge in [0.1, 0.15) is 53.0 Å². The van der Waals surface area contributed by atoms with Gasteiger partial charge in [-0.25, -0.2) is 0 Å². The Morgan fingerprint density at radius 1 is 1.03 bits per heavy atom. The number of rotatable bonds is 4. The number of phenols is 2. The predicted molar refractivity (Wildman–Crippen MR) is 109 cm³/mol. The fourth-order valence-electron chi connectivity index (χ4n) is 4.00. The van der Waals surface area contributed by atoms with E-state index in [1.807, 2.05) is 0 Å². The molecular formula is C21H22O11. The average Bonchev–Trinajstić information content (AvgIpc) is 2.78. The molecule has 6 N–H and O–H groups in total. The van der Waals surface area contributed by atoms with E-state index in [1.54, 1.807) is 0 Å². The van der Waals surface area contributed by atoms with Crippen molar-refractivity contribution in [2.75, 3.05) is 20.8 Å². The summed E-state index contributed by atoms with van der Waals surface area (Å²) >= 11 is 0. The van der Waals surface area contributed by atoms with E-state index in [-0.39, 0.29) is 44.8 Å². The van der Waals surface area contributed by atoms with Crippen molar-refractivity contribution in [1.82, 2.24) is 0 Å². The molecule has 0 spiro atoms. The summed E-state index contributed by atoms with van der Waals surface area (Å²) in [5.41, 5.74) is -0.985. The third-order valence-corrected chi connectivity index (χ3v) is 5.64. The maximum Gasteiger partial charge on any atom is 0.204 e. The maximum absolute atomic E-state index is 13.2. The SMILES string of the molecule is COc1cc2oc3c(OC)c(O)ccc3c(=O)c2c(O)c1[C@@H]1O[C@H](CO)[C@@H](O)[C@H](O)[C@H]1O. The summed E-state index contributed by atoms with van der Waals surface area (Å²) < 4.78 is 21.7. The summed E-state index contributed by atoms with van der Waals surface area (Å²) in [5.74, 6) is -1.01. The maximum atomic E-state index is 13.2. The molecule has 1 aliphatic heterocycles. The number of methoxy groups -OCH3 is 2. The number of aromatic hydroxyl groups is 2. The Labute approximate surface area is 180 Å². The molecule has 3 aromatic rings. The van der Waals surface area contributed by atoms with Crippen LogP contribution in [-0.2, 0) is 4.74 Å². The molecule has 1 saturated heterocycles. The van der Waals surface area contributed by atoms with Crippen molar-refractivity contribution < 1.29 is 49.3 Å². The van der Waals surface area contributed by atoms with Gasteiger partial charge in [0.05, 0.1) is 31.8 Å². The lowest BCUT2D eigenvalue weighted by atomic mass is 9.89. The Hall–Kier alpha value is -3.09. The highest BCUT2D eigenvalue weighted by atomic mass is 16.5. The van der Waals surface area contributed by atoms with Crippen LogP contribution >= 0.6 is 0 Å². The zero-order valence-electron chi connectivity index (χ0n) is 17.1. The molecule has 32 heavy (non-hydrogen) atoms. The average molecular weight is 450 g/mol. The molecule has 0 unspecified atom stereocenters. The number of fused-ring (bicyclic) bond motifs is 2. The topological polar surface area (TPSA) is 179 Å². The number of benzene rings is 2. The number of hydrogen-bond donors (Lipinski definition) is 6. The molecule has 11 nitrogen and oxygen atoms in total. The van der Waals surface area contributed by atoms with E-state index in [4.69, 9.17) is 18.6 Å². The third kappa shape index (κ3) is 3.14. The van der Waals surface area contributed by atoms with Crippen LogP contribution in [0.25, 0.3) is 21.9 Å². The highest BCUT2D eigenvalue weighted by Crippen LogP contribution is 2.46. The van der Waals surface area contributed by atoms with Crippen LogP contribution in [0.3, 0.4) is 0 Å². The number of aliphatic hydroxyl groups is 4. The number of phenolic OH excluding ortho intramolecular Hbond substituents is 2. The Bertz CT molecular complexity index is 1230. The van der Waals surface area contributed by atoms with Gasteiger partial charge in [0, 0.05) is 6.07 Å². The Morgan fingerprint density at radius 2 is 1.75 bits per heavy atom. The molecule has 5 atom stereocenters. The largest absolute Gasteiger partial charge is 0.506 e. The first-order valence-corrected chi connectivity index (χ1v) is 9.61. The first-order chi connectivity index (χ1) is 15.2. The van der Waals surface area contributed by atoms with Gasteiger partial charge in [-0.1, -0.05) is 0 Å². The Kier molecular flexibility index (Phi) is 5.61. The standard InChI is InChI=1S/C21H22O11/c1-29-9-5-10-12(14(24)7-3-4-8(23)20(30-2)19(7)31-10)16(26)13(9)21-18(28)17(27)15(25)11(6-22)32-21/h3-5,11,15,17-18,21-23,25-28H,6H2,1-2H3/t11-,15-,17+,18-,21+/m1/s1. The summed E-state index contributed by atoms with van der Waals surface area (Å²) in [6.07, 6.45) is -7.71. The van der Waals surface area contributed by atoms with Crippen LogP contribution in [0.15, 0.2) is 27.4 Å². The second-order valence-corrected chi connectivity index (χ2v) is 7.39. The van der Waals surface area contributed by atoms with Crippen LogP contribution in [0.1, 0.15) is 11.7 Å². The second-order valence-electron chi connectivity index (χ2n) is 7.39. The van der Waals surface area contributed by atoms with Crippen molar-refractivity contribution in [3.63, 3.8) is 0 Å². The molecule has 0 bridgehead atoms. The van der Waals surface area contributed by atoms with Crippen molar-refractivity contribution in [2.24, 2.45) is 0 Å². The van der Waals surface area contributed by atoms with Gasteiger partial charge in [-0.3, -0.25) is 4.79 Å². The minimum Gasteiger partial charge on any atom is -0.506 e. The van der Waals surface area contributed by atoms with Crippen molar-refractivity contribution >= 4 is 21.9 Å². The van der Waals surface area contributed by atoms with Crippen LogP contribution in [-0.4, -0.2) is 75.9 Å². The molecule has 2 heterocycles. The lowest BCUT2D eigenvalue weighted by molar-refractivity contribution is -0.232. The van der Waals surface area contributed by atoms with E-state index in [1.165, 1.54) is 32.4 Å². The van der Waals surface area contributed by atoms with Crippen LogP contribution in [0, 0.1) is 0 Å². The van der Waals surface area contributed by atoms with Gasteiger partial charge < -0.3 is 49.3 Å². The molecule has 1 aromatic heterocycles. The van der Waals surface area contributed by atoms with Crippen LogP contribution in [0.2, 0.25) is 0 Å². The molecule has 11 heteroatoms. The molecule has 4 rings (SSSR count). The van der Waals surface area contributed by atoms with Gasteiger partial charge in [0.2, 0.25) is 11.2 Å².